The van der Waals surface area contributed by atoms with Crippen molar-refractivity contribution in [2.75, 3.05) is 5.32 Å². The number of hydrogen-bond donors (Lipinski definition) is 2. The monoisotopic (exact) mass is 362 g/mol. The molecular weight excluding hydrogens is 348 g/mol. The van der Waals surface area contributed by atoms with Crippen molar-refractivity contribution in [3.8, 4) is 0 Å². The molecule has 94 valence electrons. The molecule has 0 heterocycles. The van der Waals surface area contributed by atoms with Gasteiger partial charge in [-0.3, -0.25) is 4.79 Å². The van der Waals surface area contributed by atoms with E-state index in [1.165, 1.54) is 0 Å². The smallest absolute Gasteiger partial charge is 0.241 e. The molecule has 3 N–H and O–H groups in total. The van der Waals surface area contributed by atoms with Crippen LogP contribution in [0.2, 0.25) is 0 Å². The summed E-state index contributed by atoms with van der Waals surface area (Å²) in [7, 11) is 0. The first-order chi connectivity index (χ1) is 7.91. The van der Waals surface area contributed by atoms with E-state index in [9.17, 15) is 4.79 Å². The number of para-hydroxylation sites is 1. The number of amides is 1. The number of carbonyl (C=O) groups is 1. The molecule has 1 amide bonds. The molecule has 0 fully saturated rings. The van der Waals surface area contributed by atoms with Gasteiger partial charge in [-0.15, -0.1) is 0 Å². The molecule has 0 radical (unpaired) electrons. The Kier molecular flexibility index (Phi) is 5.62. The number of benzene rings is 1. The summed E-state index contributed by atoms with van der Waals surface area (Å²) in [5.74, 6) is 0.240. The lowest BCUT2D eigenvalue weighted by atomic mass is 10.0. The molecule has 3 nitrogen and oxygen atoms in total. The lowest BCUT2D eigenvalue weighted by Crippen LogP contribution is -2.36. The molecule has 0 saturated heterocycles. The van der Waals surface area contributed by atoms with Crippen LogP contribution in [-0.4, -0.2) is 11.9 Å². The molecule has 0 aliphatic heterocycles. The van der Waals surface area contributed by atoms with Crippen LogP contribution in [0, 0.1) is 5.92 Å². The highest BCUT2D eigenvalue weighted by molar-refractivity contribution is 9.11. The average Bonchev–Trinajstić information content (AvgIpc) is 2.22. The molecule has 1 atom stereocenters. The molecule has 0 aromatic heterocycles. The van der Waals surface area contributed by atoms with E-state index in [4.69, 9.17) is 5.73 Å². The van der Waals surface area contributed by atoms with Gasteiger partial charge < -0.3 is 11.1 Å². The summed E-state index contributed by atoms with van der Waals surface area (Å²) in [6, 6.07) is 5.15. The molecule has 0 bridgehead atoms. The maximum absolute atomic E-state index is 11.9. The lowest BCUT2D eigenvalue weighted by Gasteiger charge is -2.15. The van der Waals surface area contributed by atoms with Crippen molar-refractivity contribution in [3.05, 3.63) is 27.1 Å². The van der Waals surface area contributed by atoms with Gasteiger partial charge >= 0.3 is 0 Å². The van der Waals surface area contributed by atoms with Crippen LogP contribution in [0.25, 0.3) is 0 Å². The molecule has 0 aliphatic carbocycles. The van der Waals surface area contributed by atoms with Crippen molar-refractivity contribution in [2.45, 2.75) is 26.3 Å². The van der Waals surface area contributed by atoms with Crippen LogP contribution in [0.1, 0.15) is 20.3 Å². The van der Waals surface area contributed by atoms with Gasteiger partial charge in [0.2, 0.25) is 5.91 Å². The second-order valence-corrected chi connectivity index (χ2v) is 6.03. The van der Waals surface area contributed by atoms with Gasteiger partial charge in [-0.25, -0.2) is 0 Å². The maximum Gasteiger partial charge on any atom is 0.241 e. The molecule has 1 aromatic carbocycles. The molecule has 1 aromatic rings. The van der Waals surface area contributed by atoms with Crippen molar-refractivity contribution < 1.29 is 4.79 Å². The Morgan fingerprint density at radius 1 is 1.35 bits per heavy atom. The zero-order valence-electron chi connectivity index (χ0n) is 9.84. The average molecular weight is 364 g/mol. The van der Waals surface area contributed by atoms with E-state index in [0.717, 1.165) is 14.6 Å². The fourth-order valence-corrected chi connectivity index (χ4v) is 2.64. The minimum atomic E-state index is -0.478. The quantitative estimate of drug-likeness (QED) is 0.859. The van der Waals surface area contributed by atoms with Crippen LogP contribution in [0.4, 0.5) is 5.69 Å². The van der Waals surface area contributed by atoms with E-state index in [1.54, 1.807) is 0 Å². The Morgan fingerprint density at radius 3 is 2.35 bits per heavy atom. The van der Waals surface area contributed by atoms with E-state index in [-0.39, 0.29) is 5.91 Å². The summed E-state index contributed by atoms with van der Waals surface area (Å²) in [5.41, 5.74) is 6.54. The minimum absolute atomic E-state index is 0.161. The van der Waals surface area contributed by atoms with Gasteiger partial charge in [0.25, 0.3) is 0 Å². The largest absolute Gasteiger partial charge is 0.323 e. The van der Waals surface area contributed by atoms with Crippen molar-refractivity contribution >= 4 is 43.5 Å². The van der Waals surface area contributed by atoms with E-state index in [2.05, 4.69) is 37.2 Å². The third kappa shape index (κ3) is 4.41. The standard InChI is InChI=1S/C12H16Br2N2O/c1-7(2)6-10(15)12(17)16-11-8(13)4-3-5-9(11)14/h3-5,7,10H,6,15H2,1-2H3,(H,16,17)/t10-/m0/s1. The van der Waals surface area contributed by atoms with Crippen LogP contribution in [0.3, 0.4) is 0 Å². The third-order valence-electron chi connectivity index (χ3n) is 2.27. The highest BCUT2D eigenvalue weighted by Crippen LogP contribution is 2.30. The highest BCUT2D eigenvalue weighted by atomic mass is 79.9. The molecule has 0 unspecified atom stereocenters. The van der Waals surface area contributed by atoms with Crippen molar-refractivity contribution in [1.82, 2.24) is 0 Å². The predicted octanol–water partition coefficient (Wildman–Crippen LogP) is 3.52. The lowest BCUT2D eigenvalue weighted by molar-refractivity contribution is -0.117. The summed E-state index contributed by atoms with van der Waals surface area (Å²) in [4.78, 5) is 11.9. The Labute approximate surface area is 118 Å². The predicted molar refractivity (Wildman–Crippen MR) is 77.9 cm³/mol. The van der Waals surface area contributed by atoms with Gasteiger partial charge in [0.05, 0.1) is 11.7 Å². The molecule has 5 heteroatoms. The zero-order chi connectivity index (χ0) is 13.0. The maximum atomic E-state index is 11.9. The number of nitrogens with one attached hydrogen (secondary N) is 1. The number of rotatable bonds is 4. The molecule has 0 saturated carbocycles. The van der Waals surface area contributed by atoms with Gasteiger partial charge in [-0.1, -0.05) is 19.9 Å². The summed E-state index contributed by atoms with van der Waals surface area (Å²) < 4.78 is 1.66. The first-order valence-corrected chi connectivity index (χ1v) is 7.01. The van der Waals surface area contributed by atoms with E-state index >= 15 is 0 Å². The number of nitrogens with two attached hydrogens (primary N) is 1. The third-order valence-corrected chi connectivity index (χ3v) is 3.59. The van der Waals surface area contributed by atoms with Crippen molar-refractivity contribution in [1.29, 1.82) is 0 Å². The van der Waals surface area contributed by atoms with Crippen LogP contribution in [0.15, 0.2) is 27.1 Å². The first kappa shape index (κ1) is 14.7. The number of anilines is 1. The zero-order valence-corrected chi connectivity index (χ0v) is 13.0. The summed E-state index contributed by atoms with van der Waals surface area (Å²) >= 11 is 6.78. The highest BCUT2D eigenvalue weighted by Gasteiger charge is 2.17. The molecule has 0 aliphatic rings. The minimum Gasteiger partial charge on any atom is -0.323 e. The van der Waals surface area contributed by atoms with Gasteiger partial charge in [0.1, 0.15) is 0 Å². The first-order valence-electron chi connectivity index (χ1n) is 5.42. The molecular formula is C12H16Br2N2O. The molecule has 1 rings (SSSR count). The number of carbonyl (C=O) groups excluding carboxylic acids is 1. The normalized spacial score (nSPS) is 12.6. The summed E-state index contributed by atoms with van der Waals surface area (Å²) in [6.45, 7) is 4.09. The van der Waals surface area contributed by atoms with Gasteiger partial charge in [0.15, 0.2) is 0 Å². The van der Waals surface area contributed by atoms with Crippen molar-refractivity contribution in [2.24, 2.45) is 11.7 Å². The van der Waals surface area contributed by atoms with E-state index in [1.807, 2.05) is 32.0 Å². The van der Waals surface area contributed by atoms with Crippen molar-refractivity contribution in [3.63, 3.8) is 0 Å². The molecule has 17 heavy (non-hydrogen) atoms. The fraction of sp³-hybridized carbons (Fsp3) is 0.417. The summed E-state index contributed by atoms with van der Waals surface area (Å²) in [6.07, 6.45) is 0.675. The van der Waals surface area contributed by atoms with E-state index in [0.29, 0.717) is 12.3 Å². The second-order valence-electron chi connectivity index (χ2n) is 4.32. The van der Waals surface area contributed by atoms with Crippen LogP contribution in [-0.2, 0) is 4.79 Å². The SMILES string of the molecule is CC(C)C[C@H](N)C(=O)Nc1c(Br)cccc1Br. The Hall–Kier alpha value is -0.390. The second kappa shape index (κ2) is 6.52. The Bertz CT molecular complexity index is 387. The van der Waals surface area contributed by atoms with Crippen LogP contribution in [0.5, 0.6) is 0 Å². The van der Waals surface area contributed by atoms with Gasteiger partial charge in [0, 0.05) is 8.95 Å². The number of hydrogen-bond acceptors (Lipinski definition) is 2. The summed E-state index contributed by atoms with van der Waals surface area (Å²) in [5, 5.41) is 2.83. The van der Waals surface area contributed by atoms with Gasteiger partial charge in [-0.05, 0) is 56.3 Å². The van der Waals surface area contributed by atoms with Crippen LogP contribution >= 0.6 is 31.9 Å². The van der Waals surface area contributed by atoms with Crippen LogP contribution < -0.4 is 11.1 Å². The fourth-order valence-electron chi connectivity index (χ4n) is 1.45. The Balaban J connectivity index is 2.74. The molecule has 0 spiro atoms. The Morgan fingerprint density at radius 2 is 1.88 bits per heavy atom. The van der Waals surface area contributed by atoms with E-state index < -0.39 is 6.04 Å². The topological polar surface area (TPSA) is 55.1 Å². The van der Waals surface area contributed by atoms with Gasteiger partial charge in [-0.2, -0.15) is 0 Å². The number of halogens is 2.